The van der Waals surface area contributed by atoms with Crippen molar-refractivity contribution in [2.75, 3.05) is 4.90 Å². The van der Waals surface area contributed by atoms with Crippen LogP contribution in [-0.4, -0.2) is 35.1 Å². The van der Waals surface area contributed by atoms with Gasteiger partial charge in [-0.1, -0.05) is 66.7 Å². The zero-order chi connectivity index (χ0) is 24.3. The Labute approximate surface area is 199 Å². The Kier molecular flexibility index (Phi) is 4.66. The molecule has 7 heteroatoms. The highest BCUT2D eigenvalue weighted by atomic mass is 19.1. The van der Waals surface area contributed by atoms with Crippen LogP contribution in [0.1, 0.15) is 26.3 Å². The fourth-order valence-electron chi connectivity index (χ4n) is 5.36. The lowest BCUT2D eigenvalue weighted by Crippen LogP contribution is -2.51. The molecule has 0 bridgehead atoms. The molecule has 172 valence electrons. The zero-order valence-electron chi connectivity index (χ0n) is 18.3. The molecule has 3 aromatic rings. The highest BCUT2D eigenvalue weighted by Crippen LogP contribution is 2.53. The van der Waals surface area contributed by atoms with E-state index in [-0.39, 0.29) is 16.8 Å². The molecular weight excluding hydrogens is 449 g/mol. The van der Waals surface area contributed by atoms with Gasteiger partial charge in [0.15, 0.2) is 0 Å². The molecule has 2 saturated heterocycles. The quantitative estimate of drug-likeness (QED) is 0.432. The van der Waals surface area contributed by atoms with Gasteiger partial charge in [0.1, 0.15) is 5.82 Å². The van der Waals surface area contributed by atoms with Crippen molar-refractivity contribution < 1.29 is 28.3 Å². The maximum atomic E-state index is 13.7. The third-order valence-electron chi connectivity index (χ3n) is 6.92. The SMILES string of the molecule is O=C1[C@H]2[C@H](/C=C/c3ccccc3)OC3(C(=O)c4ccccc4C3=O)[C@@H]2C(=O)N1c1ccc(F)cc1. The van der Waals surface area contributed by atoms with E-state index in [2.05, 4.69) is 0 Å². The predicted octanol–water partition coefficient (Wildman–Crippen LogP) is 3.86. The van der Waals surface area contributed by atoms with Crippen LogP contribution in [0.25, 0.3) is 6.08 Å². The summed E-state index contributed by atoms with van der Waals surface area (Å²) in [4.78, 5) is 55.5. The minimum absolute atomic E-state index is 0.171. The maximum Gasteiger partial charge on any atom is 0.241 e. The summed E-state index contributed by atoms with van der Waals surface area (Å²) in [5, 5.41) is 0. The van der Waals surface area contributed by atoms with Gasteiger partial charge in [-0.25, -0.2) is 9.29 Å². The lowest BCUT2D eigenvalue weighted by atomic mass is 9.78. The van der Waals surface area contributed by atoms with Gasteiger partial charge < -0.3 is 4.74 Å². The van der Waals surface area contributed by atoms with Crippen molar-refractivity contribution in [1.29, 1.82) is 0 Å². The fraction of sp³-hybridized carbons (Fsp3) is 0.143. The van der Waals surface area contributed by atoms with Crippen LogP contribution in [0, 0.1) is 17.7 Å². The summed E-state index contributed by atoms with van der Waals surface area (Å²) >= 11 is 0. The third-order valence-corrected chi connectivity index (χ3v) is 6.92. The molecule has 2 fully saturated rings. The van der Waals surface area contributed by atoms with Crippen molar-refractivity contribution in [3.63, 3.8) is 0 Å². The van der Waals surface area contributed by atoms with Gasteiger partial charge in [-0.15, -0.1) is 0 Å². The van der Waals surface area contributed by atoms with E-state index in [0.29, 0.717) is 0 Å². The lowest BCUT2D eigenvalue weighted by Gasteiger charge is -2.26. The molecule has 6 rings (SSSR count). The maximum absolute atomic E-state index is 13.7. The number of benzene rings is 3. The molecule has 35 heavy (non-hydrogen) atoms. The van der Waals surface area contributed by atoms with Crippen molar-refractivity contribution >= 4 is 35.1 Å². The third kappa shape index (κ3) is 2.91. The first-order valence-electron chi connectivity index (χ1n) is 11.2. The monoisotopic (exact) mass is 467 g/mol. The molecule has 3 aromatic carbocycles. The molecule has 0 unspecified atom stereocenters. The number of ketones is 2. The first kappa shape index (κ1) is 21.3. The number of Topliss-reactive ketones (excluding diaryl/α,β-unsaturated/α-hetero) is 2. The Morgan fingerprint density at radius 2 is 1.37 bits per heavy atom. The smallest absolute Gasteiger partial charge is 0.241 e. The molecule has 1 spiro atoms. The summed E-state index contributed by atoms with van der Waals surface area (Å²) < 4.78 is 19.6. The number of nitrogens with zero attached hydrogens (tertiary/aromatic N) is 1. The number of carbonyl (C=O) groups is 4. The average Bonchev–Trinajstić information content (AvgIpc) is 3.44. The van der Waals surface area contributed by atoms with Gasteiger partial charge in [0.2, 0.25) is 29.0 Å². The standard InChI is InChI=1S/C28H18FNO5/c29-17-11-13-18(14-12-17)30-26(33)22-21(15-10-16-6-2-1-3-7-16)35-28(23(22)27(30)34)24(31)19-8-4-5-9-20(19)25(28)32/h1-15,21-23H/b15-10+/t21-,22-,23-/m0/s1. The van der Waals surface area contributed by atoms with Crippen molar-refractivity contribution in [3.8, 4) is 0 Å². The van der Waals surface area contributed by atoms with E-state index in [1.807, 2.05) is 30.3 Å². The average molecular weight is 467 g/mol. The molecule has 2 amide bonds. The van der Waals surface area contributed by atoms with Crippen molar-refractivity contribution in [3.05, 3.63) is 107 Å². The van der Waals surface area contributed by atoms with E-state index in [1.165, 1.54) is 24.3 Å². The van der Waals surface area contributed by atoms with Gasteiger partial charge in [-0.2, -0.15) is 0 Å². The van der Waals surface area contributed by atoms with Crippen LogP contribution in [0.4, 0.5) is 10.1 Å². The zero-order valence-corrected chi connectivity index (χ0v) is 18.3. The summed E-state index contributed by atoms with van der Waals surface area (Å²) in [5.41, 5.74) is -0.782. The predicted molar refractivity (Wildman–Crippen MR) is 124 cm³/mol. The van der Waals surface area contributed by atoms with E-state index in [1.54, 1.807) is 24.3 Å². The second kappa shape index (κ2) is 7.65. The molecule has 3 atom stereocenters. The summed E-state index contributed by atoms with van der Waals surface area (Å²) in [5.74, 6) is -5.49. The van der Waals surface area contributed by atoms with Crippen LogP contribution in [-0.2, 0) is 14.3 Å². The lowest BCUT2D eigenvalue weighted by molar-refractivity contribution is -0.126. The number of carbonyl (C=O) groups excluding carboxylic acids is 4. The molecule has 1 aliphatic carbocycles. The highest BCUT2D eigenvalue weighted by molar-refractivity contribution is 6.37. The summed E-state index contributed by atoms with van der Waals surface area (Å²) in [6.45, 7) is 0. The van der Waals surface area contributed by atoms with E-state index in [9.17, 15) is 23.6 Å². The summed E-state index contributed by atoms with van der Waals surface area (Å²) in [6, 6.07) is 20.5. The molecule has 0 radical (unpaired) electrons. The van der Waals surface area contributed by atoms with Crippen LogP contribution < -0.4 is 4.90 Å². The van der Waals surface area contributed by atoms with Crippen LogP contribution in [0.2, 0.25) is 0 Å². The van der Waals surface area contributed by atoms with Gasteiger partial charge >= 0.3 is 0 Å². The molecule has 0 saturated carbocycles. The Bertz CT molecular complexity index is 1390. The topological polar surface area (TPSA) is 80.8 Å². The first-order valence-corrected chi connectivity index (χ1v) is 11.2. The molecule has 2 heterocycles. The van der Waals surface area contributed by atoms with E-state index >= 15 is 0 Å². The van der Waals surface area contributed by atoms with Gasteiger partial charge in [0, 0.05) is 11.1 Å². The normalized spacial score (nSPS) is 24.6. The van der Waals surface area contributed by atoms with Gasteiger partial charge in [-0.05, 0) is 29.8 Å². The highest BCUT2D eigenvalue weighted by Gasteiger charge is 2.74. The Morgan fingerprint density at radius 3 is 2.00 bits per heavy atom. The number of anilines is 1. The van der Waals surface area contributed by atoms with E-state index in [4.69, 9.17) is 4.74 Å². The summed E-state index contributed by atoms with van der Waals surface area (Å²) in [6.07, 6.45) is 2.35. The number of hydrogen-bond donors (Lipinski definition) is 0. The van der Waals surface area contributed by atoms with E-state index in [0.717, 1.165) is 22.6 Å². The van der Waals surface area contributed by atoms with Crippen LogP contribution in [0.15, 0.2) is 84.9 Å². The van der Waals surface area contributed by atoms with Crippen molar-refractivity contribution in [2.24, 2.45) is 11.8 Å². The second-order valence-corrected chi connectivity index (χ2v) is 8.78. The number of rotatable bonds is 3. The molecular formula is C28H18FNO5. The van der Waals surface area contributed by atoms with Gasteiger partial charge in [0.05, 0.1) is 23.6 Å². The fourth-order valence-corrected chi connectivity index (χ4v) is 5.36. The summed E-state index contributed by atoms with van der Waals surface area (Å²) in [7, 11) is 0. The number of hydrogen-bond acceptors (Lipinski definition) is 5. The van der Waals surface area contributed by atoms with Crippen LogP contribution >= 0.6 is 0 Å². The van der Waals surface area contributed by atoms with Crippen LogP contribution in [0.3, 0.4) is 0 Å². The molecule has 3 aliphatic rings. The molecule has 2 aliphatic heterocycles. The van der Waals surface area contributed by atoms with E-state index < -0.39 is 52.7 Å². The van der Waals surface area contributed by atoms with Crippen LogP contribution in [0.5, 0.6) is 0 Å². The Hall–Kier alpha value is -4.23. The molecule has 0 N–H and O–H groups in total. The van der Waals surface area contributed by atoms with Gasteiger partial charge in [-0.3, -0.25) is 19.2 Å². The molecule has 0 aromatic heterocycles. The van der Waals surface area contributed by atoms with Gasteiger partial charge in [0.25, 0.3) is 0 Å². The number of imide groups is 1. The Balaban J connectivity index is 1.48. The first-order chi connectivity index (χ1) is 16.9. The largest absolute Gasteiger partial charge is 0.350 e. The minimum atomic E-state index is -2.12. The number of halogens is 1. The molecule has 6 nitrogen and oxygen atoms in total. The Morgan fingerprint density at radius 1 is 0.771 bits per heavy atom. The van der Waals surface area contributed by atoms with Crippen molar-refractivity contribution in [1.82, 2.24) is 0 Å². The number of fused-ring (bicyclic) bond motifs is 3. The minimum Gasteiger partial charge on any atom is -0.350 e. The number of amides is 2. The van der Waals surface area contributed by atoms with Crippen molar-refractivity contribution in [2.45, 2.75) is 11.7 Å². The second-order valence-electron chi connectivity index (χ2n) is 8.78. The number of ether oxygens (including phenoxy) is 1.